The molecule has 4 rings (SSSR count). The predicted octanol–water partition coefficient (Wildman–Crippen LogP) is 2.47. The Morgan fingerprint density at radius 1 is 1.27 bits per heavy atom. The van der Waals surface area contributed by atoms with Gasteiger partial charge in [-0.05, 0) is 18.9 Å². The van der Waals surface area contributed by atoms with Crippen molar-refractivity contribution < 1.29 is 9.63 Å². The van der Waals surface area contributed by atoms with Crippen molar-refractivity contribution in [2.24, 2.45) is 5.16 Å². The predicted molar refractivity (Wildman–Crippen MR) is 96.9 cm³/mol. The van der Waals surface area contributed by atoms with Gasteiger partial charge in [0.2, 0.25) is 6.10 Å². The lowest BCUT2D eigenvalue weighted by molar-refractivity contribution is -0.131. The third kappa shape index (κ3) is 3.44. The van der Waals surface area contributed by atoms with Gasteiger partial charge < -0.3 is 14.7 Å². The Labute approximate surface area is 156 Å². The van der Waals surface area contributed by atoms with Crippen molar-refractivity contribution in [2.45, 2.75) is 51.3 Å². The standard InChI is InChI=1S/C18H20ClN5O2/c19-13-7-4-3-6-12(13)14-10-15(26-23-14)18(25)20-11-17-22-21-16-8-2-1-5-9-24(16)17/h3-4,6-7,15H,1-2,5,8-11H2,(H,20,25)/t15-/m1/s1. The molecule has 2 aromatic rings. The number of aromatic nitrogens is 3. The average Bonchev–Trinajstić information content (AvgIpc) is 3.22. The molecule has 0 aliphatic carbocycles. The first-order chi connectivity index (χ1) is 12.7. The molecular formula is C18H20ClN5O2. The van der Waals surface area contributed by atoms with E-state index in [1.165, 1.54) is 6.42 Å². The second-order valence-electron chi connectivity index (χ2n) is 6.53. The molecule has 0 bridgehead atoms. The fourth-order valence-corrected chi connectivity index (χ4v) is 3.57. The van der Waals surface area contributed by atoms with E-state index in [9.17, 15) is 4.79 Å². The van der Waals surface area contributed by atoms with Crippen molar-refractivity contribution in [3.8, 4) is 0 Å². The number of nitrogens with one attached hydrogen (secondary N) is 1. The number of nitrogens with zero attached hydrogens (tertiary/aromatic N) is 4. The highest BCUT2D eigenvalue weighted by Gasteiger charge is 2.30. The molecule has 7 nitrogen and oxygen atoms in total. The summed E-state index contributed by atoms with van der Waals surface area (Å²) < 4.78 is 2.12. The molecule has 1 atom stereocenters. The van der Waals surface area contributed by atoms with Crippen LogP contribution in [0.1, 0.15) is 42.9 Å². The summed E-state index contributed by atoms with van der Waals surface area (Å²) in [7, 11) is 0. The van der Waals surface area contributed by atoms with Crippen LogP contribution in [0.2, 0.25) is 5.02 Å². The van der Waals surface area contributed by atoms with E-state index in [4.69, 9.17) is 16.4 Å². The van der Waals surface area contributed by atoms with E-state index in [0.717, 1.165) is 43.0 Å². The summed E-state index contributed by atoms with van der Waals surface area (Å²) in [5.41, 5.74) is 1.49. The summed E-state index contributed by atoms with van der Waals surface area (Å²) in [6, 6.07) is 7.40. The van der Waals surface area contributed by atoms with Gasteiger partial charge in [0.1, 0.15) is 5.82 Å². The molecular weight excluding hydrogens is 354 g/mol. The normalized spacial score (nSPS) is 19.3. The highest BCUT2D eigenvalue weighted by Crippen LogP contribution is 2.23. The summed E-state index contributed by atoms with van der Waals surface area (Å²) in [5.74, 6) is 1.59. The van der Waals surface area contributed by atoms with Gasteiger partial charge in [-0.25, -0.2) is 0 Å². The van der Waals surface area contributed by atoms with Crippen LogP contribution in [0.15, 0.2) is 29.4 Å². The fourth-order valence-electron chi connectivity index (χ4n) is 3.33. The van der Waals surface area contributed by atoms with Crippen LogP contribution in [-0.4, -0.2) is 32.5 Å². The maximum atomic E-state index is 12.4. The van der Waals surface area contributed by atoms with Crippen LogP contribution >= 0.6 is 11.6 Å². The van der Waals surface area contributed by atoms with E-state index in [1.54, 1.807) is 6.07 Å². The summed E-state index contributed by atoms with van der Waals surface area (Å²) in [5, 5.41) is 16.0. The number of halogens is 1. The van der Waals surface area contributed by atoms with Gasteiger partial charge in [0.15, 0.2) is 5.82 Å². The van der Waals surface area contributed by atoms with Crippen LogP contribution in [0.25, 0.3) is 0 Å². The smallest absolute Gasteiger partial charge is 0.264 e. The van der Waals surface area contributed by atoms with E-state index in [0.29, 0.717) is 23.7 Å². The number of fused-ring (bicyclic) bond motifs is 1. The van der Waals surface area contributed by atoms with Crippen molar-refractivity contribution in [3.05, 3.63) is 46.5 Å². The van der Waals surface area contributed by atoms with E-state index < -0.39 is 6.10 Å². The first-order valence-corrected chi connectivity index (χ1v) is 9.26. The third-order valence-corrected chi connectivity index (χ3v) is 5.08. The lowest BCUT2D eigenvalue weighted by Gasteiger charge is -2.11. The topological polar surface area (TPSA) is 81.4 Å². The maximum absolute atomic E-state index is 12.4. The second-order valence-corrected chi connectivity index (χ2v) is 6.94. The molecule has 2 aliphatic heterocycles. The van der Waals surface area contributed by atoms with E-state index in [-0.39, 0.29) is 5.91 Å². The number of benzene rings is 1. The Bertz CT molecular complexity index is 848. The van der Waals surface area contributed by atoms with Crippen molar-refractivity contribution >= 4 is 23.2 Å². The number of amides is 1. The Kier molecular flexibility index (Phi) is 4.88. The summed E-state index contributed by atoms with van der Waals surface area (Å²) in [6.45, 7) is 1.25. The van der Waals surface area contributed by atoms with Gasteiger partial charge in [-0.15, -0.1) is 10.2 Å². The number of oxime groups is 1. The van der Waals surface area contributed by atoms with E-state index >= 15 is 0 Å². The lowest BCUT2D eigenvalue weighted by atomic mass is 10.0. The number of rotatable bonds is 4. The molecule has 1 amide bonds. The van der Waals surface area contributed by atoms with Crippen LogP contribution in [0.3, 0.4) is 0 Å². The number of hydrogen-bond acceptors (Lipinski definition) is 5. The van der Waals surface area contributed by atoms with Gasteiger partial charge in [0, 0.05) is 30.0 Å². The summed E-state index contributed by atoms with van der Waals surface area (Å²) in [6.07, 6.45) is 4.16. The number of carbonyl (C=O) groups excluding carboxylic acids is 1. The molecule has 0 saturated heterocycles. The van der Waals surface area contributed by atoms with Gasteiger partial charge >= 0.3 is 0 Å². The molecule has 26 heavy (non-hydrogen) atoms. The molecule has 0 fully saturated rings. The fraction of sp³-hybridized carbons (Fsp3) is 0.444. The number of carbonyl (C=O) groups is 1. The van der Waals surface area contributed by atoms with Gasteiger partial charge in [0.05, 0.1) is 12.3 Å². The molecule has 1 N–H and O–H groups in total. The average molecular weight is 374 g/mol. The van der Waals surface area contributed by atoms with Crippen molar-refractivity contribution in [1.29, 1.82) is 0 Å². The molecule has 8 heteroatoms. The second kappa shape index (κ2) is 7.45. The quantitative estimate of drug-likeness (QED) is 0.892. The Balaban J connectivity index is 1.36. The largest absolute Gasteiger partial charge is 0.382 e. The third-order valence-electron chi connectivity index (χ3n) is 4.75. The molecule has 0 spiro atoms. The van der Waals surface area contributed by atoms with Crippen LogP contribution < -0.4 is 5.32 Å². The van der Waals surface area contributed by atoms with Gasteiger partial charge in [-0.3, -0.25) is 4.79 Å². The molecule has 1 aromatic heterocycles. The molecule has 0 saturated carbocycles. The van der Waals surface area contributed by atoms with Gasteiger partial charge in [0.25, 0.3) is 5.91 Å². The van der Waals surface area contributed by atoms with Gasteiger partial charge in [-0.2, -0.15) is 0 Å². The van der Waals surface area contributed by atoms with Crippen LogP contribution in [0.4, 0.5) is 0 Å². The maximum Gasteiger partial charge on any atom is 0.264 e. The molecule has 0 unspecified atom stereocenters. The minimum Gasteiger partial charge on any atom is -0.382 e. The monoisotopic (exact) mass is 373 g/mol. The number of aryl methyl sites for hydroxylation is 1. The minimum absolute atomic E-state index is 0.207. The zero-order chi connectivity index (χ0) is 17.9. The molecule has 0 radical (unpaired) electrons. The molecule has 2 aliphatic rings. The molecule has 1 aromatic carbocycles. The van der Waals surface area contributed by atoms with Crippen molar-refractivity contribution in [1.82, 2.24) is 20.1 Å². The molecule has 3 heterocycles. The van der Waals surface area contributed by atoms with Crippen LogP contribution in [-0.2, 0) is 29.1 Å². The van der Waals surface area contributed by atoms with Crippen molar-refractivity contribution in [2.75, 3.05) is 0 Å². The first kappa shape index (κ1) is 17.0. The van der Waals surface area contributed by atoms with E-state index in [1.807, 2.05) is 18.2 Å². The lowest BCUT2D eigenvalue weighted by Crippen LogP contribution is -2.35. The highest BCUT2D eigenvalue weighted by atomic mass is 35.5. The molecule has 136 valence electrons. The summed E-state index contributed by atoms with van der Waals surface area (Å²) in [4.78, 5) is 17.8. The summed E-state index contributed by atoms with van der Waals surface area (Å²) >= 11 is 6.19. The highest BCUT2D eigenvalue weighted by molar-refractivity contribution is 6.34. The minimum atomic E-state index is -0.646. The number of hydrogen-bond donors (Lipinski definition) is 1. The zero-order valence-electron chi connectivity index (χ0n) is 14.3. The first-order valence-electron chi connectivity index (χ1n) is 8.88. The van der Waals surface area contributed by atoms with Gasteiger partial charge in [-0.1, -0.05) is 41.4 Å². The van der Waals surface area contributed by atoms with Crippen molar-refractivity contribution in [3.63, 3.8) is 0 Å². The van der Waals surface area contributed by atoms with Crippen LogP contribution in [0, 0.1) is 0 Å². The SMILES string of the molecule is O=C(NCc1nnc2n1CCCCC2)[C@H]1CC(c2ccccc2Cl)=NO1. The Morgan fingerprint density at radius 3 is 3.04 bits per heavy atom. The Hall–Kier alpha value is -2.41. The Morgan fingerprint density at radius 2 is 2.15 bits per heavy atom. The van der Waals surface area contributed by atoms with E-state index in [2.05, 4.69) is 25.2 Å². The zero-order valence-corrected chi connectivity index (χ0v) is 15.1. The van der Waals surface area contributed by atoms with Crippen LogP contribution in [0.5, 0.6) is 0 Å².